The van der Waals surface area contributed by atoms with E-state index in [2.05, 4.69) is 10.1 Å². The molecule has 0 saturated carbocycles. The molecule has 100 valence electrons. The first-order valence-corrected chi connectivity index (χ1v) is 6.25. The Morgan fingerprint density at radius 3 is 2.95 bits per heavy atom. The highest BCUT2D eigenvalue weighted by Crippen LogP contribution is 2.20. The number of halogens is 2. The molecule has 2 aromatic rings. The number of carbonyl (C=O) groups excluding carboxylic acids is 1. The normalized spacial score (nSPS) is 10.7. The quantitative estimate of drug-likeness (QED) is 0.629. The van der Waals surface area contributed by atoms with Gasteiger partial charge in [-0.3, -0.25) is 9.48 Å². The van der Waals surface area contributed by atoms with Crippen molar-refractivity contribution in [1.29, 1.82) is 0 Å². The summed E-state index contributed by atoms with van der Waals surface area (Å²) >= 11 is 11.8. The Hall–Kier alpha value is -1.43. The molecule has 0 atom stereocenters. The van der Waals surface area contributed by atoms with Crippen LogP contribution in [0.1, 0.15) is 16.1 Å². The molecule has 0 aromatic carbocycles. The molecule has 0 radical (unpaired) electrons. The maximum atomic E-state index is 12.4. The standard InChI is InChI=1S/C12H11Cl2N3O2/c1-19-5-4-17-11(9(13)7-16-17)12(18)8-2-3-15-10(14)6-8/h2-3,6-7H,4-5H2,1H3. The van der Waals surface area contributed by atoms with E-state index in [1.807, 2.05) is 0 Å². The van der Waals surface area contributed by atoms with Crippen molar-refractivity contribution in [1.82, 2.24) is 14.8 Å². The van der Waals surface area contributed by atoms with Crippen molar-refractivity contribution < 1.29 is 9.53 Å². The smallest absolute Gasteiger partial charge is 0.212 e. The molecule has 0 bridgehead atoms. The summed E-state index contributed by atoms with van der Waals surface area (Å²) in [4.78, 5) is 16.2. The highest BCUT2D eigenvalue weighted by atomic mass is 35.5. The molecule has 7 heteroatoms. The van der Waals surface area contributed by atoms with Crippen molar-refractivity contribution in [3.05, 3.63) is 46.0 Å². The minimum absolute atomic E-state index is 0.247. The third kappa shape index (κ3) is 3.12. The van der Waals surface area contributed by atoms with Crippen LogP contribution in [0.5, 0.6) is 0 Å². The third-order valence-corrected chi connectivity index (χ3v) is 2.99. The first kappa shape index (κ1) is 14.0. The SMILES string of the molecule is COCCn1ncc(Cl)c1C(=O)c1ccnc(Cl)c1. The topological polar surface area (TPSA) is 57.0 Å². The Morgan fingerprint density at radius 2 is 2.26 bits per heavy atom. The van der Waals surface area contributed by atoms with Crippen LogP contribution in [0.2, 0.25) is 10.2 Å². The van der Waals surface area contributed by atoms with Gasteiger partial charge in [0.15, 0.2) is 0 Å². The van der Waals surface area contributed by atoms with Gasteiger partial charge in [-0.05, 0) is 12.1 Å². The zero-order valence-electron chi connectivity index (χ0n) is 10.1. The van der Waals surface area contributed by atoms with E-state index < -0.39 is 0 Å². The molecule has 0 saturated heterocycles. The molecule has 0 N–H and O–H groups in total. The number of carbonyl (C=O) groups is 1. The largest absolute Gasteiger partial charge is 0.383 e. The Kier molecular flexibility index (Phi) is 4.52. The van der Waals surface area contributed by atoms with Crippen molar-refractivity contribution >= 4 is 29.0 Å². The maximum Gasteiger partial charge on any atom is 0.212 e. The highest BCUT2D eigenvalue weighted by molar-refractivity contribution is 6.34. The summed E-state index contributed by atoms with van der Waals surface area (Å²) in [6.45, 7) is 0.887. The third-order valence-electron chi connectivity index (χ3n) is 2.51. The molecule has 0 amide bonds. The summed E-state index contributed by atoms with van der Waals surface area (Å²) in [5.41, 5.74) is 0.738. The maximum absolute atomic E-state index is 12.4. The van der Waals surface area contributed by atoms with Gasteiger partial charge in [-0.2, -0.15) is 5.10 Å². The average molecular weight is 300 g/mol. The second-order valence-corrected chi connectivity index (χ2v) is 4.55. The van der Waals surface area contributed by atoms with Gasteiger partial charge in [-0.15, -0.1) is 0 Å². The molecular weight excluding hydrogens is 289 g/mol. The van der Waals surface area contributed by atoms with Gasteiger partial charge in [-0.25, -0.2) is 4.98 Å². The Bertz CT molecular complexity index is 598. The lowest BCUT2D eigenvalue weighted by atomic mass is 10.1. The lowest BCUT2D eigenvalue weighted by molar-refractivity contribution is 0.102. The molecule has 2 aromatic heterocycles. The number of ether oxygens (including phenoxy) is 1. The number of pyridine rings is 1. The van der Waals surface area contributed by atoms with Crippen LogP contribution in [-0.2, 0) is 11.3 Å². The van der Waals surface area contributed by atoms with E-state index in [-0.39, 0.29) is 10.9 Å². The summed E-state index contributed by atoms with van der Waals surface area (Å²) < 4.78 is 6.48. The van der Waals surface area contributed by atoms with Crippen LogP contribution in [-0.4, -0.2) is 34.3 Å². The van der Waals surface area contributed by atoms with Crippen LogP contribution >= 0.6 is 23.2 Å². The van der Waals surface area contributed by atoms with Gasteiger partial charge >= 0.3 is 0 Å². The Morgan fingerprint density at radius 1 is 1.47 bits per heavy atom. The molecule has 0 spiro atoms. The minimum Gasteiger partial charge on any atom is -0.383 e. The summed E-state index contributed by atoms with van der Waals surface area (Å²) in [6, 6.07) is 3.08. The fraction of sp³-hybridized carbons (Fsp3) is 0.250. The lowest BCUT2D eigenvalue weighted by Crippen LogP contribution is -2.14. The van der Waals surface area contributed by atoms with Gasteiger partial charge in [0.25, 0.3) is 0 Å². The molecule has 2 rings (SSSR count). The Balaban J connectivity index is 2.35. The molecule has 5 nitrogen and oxygen atoms in total. The van der Waals surface area contributed by atoms with Crippen molar-refractivity contribution in [3.8, 4) is 0 Å². The molecule has 0 aliphatic carbocycles. The van der Waals surface area contributed by atoms with Crippen LogP contribution in [0.3, 0.4) is 0 Å². The van der Waals surface area contributed by atoms with Gasteiger partial charge in [0.2, 0.25) is 5.78 Å². The number of aromatic nitrogens is 3. The van der Waals surface area contributed by atoms with Crippen LogP contribution in [0, 0.1) is 0 Å². The number of nitrogens with zero attached hydrogens (tertiary/aromatic N) is 3. The summed E-state index contributed by atoms with van der Waals surface area (Å²) in [7, 11) is 1.58. The number of methoxy groups -OCH3 is 1. The van der Waals surface area contributed by atoms with Crippen LogP contribution in [0.15, 0.2) is 24.5 Å². The predicted molar refractivity (Wildman–Crippen MR) is 71.8 cm³/mol. The van der Waals surface area contributed by atoms with E-state index in [0.717, 1.165) is 0 Å². The monoisotopic (exact) mass is 299 g/mol. The van der Waals surface area contributed by atoms with Crippen molar-refractivity contribution in [2.24, 2.45) is 0 Å². The molecule has 0 aliphatic rings. The first-order valence-electron chi connectivity index (χ1n) is 5.50. The van der Waals surface area contributed by atoms with E-state index >= 15 is 0 Å². The zero-order valence-corrected chi connectivity index (χ0v) is 11.6. The Labute approximate surface area is 120 Å². The molecule has 0 aliphatic heterocycles. The molecule has 2 heterocycles. The zero-order chi connectivity index (χ0) is 13.8. The molecule has 0 fully saturated rings. The van der Waals surface area contributed by atoms with Crippen molar-refractivity contribution in [2.75, 3.05) is 13.7 Å². The molecule has 0 unspecified atom stereocenters. The fourth-order valence-corrected chi connectivity index (χ4v) is 2.02. The van der Waals surface area contributed by atoms with Crippen LogP contribution < -0.4 is 0 Å². The van der Waals surface area contributed by atoms with E-state index in [1.165, 1.54) is 23.1 Å². The number of ketones is 1. The van der Waals surface area contributed by atoms with E-state index in [4.69, 9.17) is 27.9 Å². The highest BCUT2D eigenvalue weighted by Gasteiger charge is 2.19. The second kappa shape index (κ2) is 6.14. The van der Waals surface area contributed by atoms with E-state index in [0.29, 0.717) is 29.4 Å². The summed E-state index contributed by atoms with van der Waals surface area (Å²) in [5.74, 6) is -0.247. The summed E-state index contributed by atoms with van der Waals surface area (Å²) in [5, 5.41) is 4.61. The number of rotatable bonds is 5. The first-order chi connectivity index (χ1) is 9.13. The second-order valence-electron chi connectivity index (χ2n) is 3.75. The minimum atomic E-state index is -0.247. The number of hydrogen-bond donors (Lipinski definition) is 0. The predicted octanol–water partition coefficient (Wildman–Crippen LogP) is 2.46. The van der Waals surface area contributed by atoms with E-state index in [1.54, 1.807) is 13.2 Å². The average Bonchev–Trinajstić information content (AvgIpc) is 2.76. The summed E-state index contributed by atoms with van der Waals surface area (Å²) in [6.07, 6.45) is 2.91. The molecular formula is C12H11Cl2N3O2. The van der Waals surface area contributed by atoms with Crippen LogP contribution in [0.4, 0.5) is 0 Å². The van der Waals surface area contributed by atoms with Crippen molar-refractivity contribution in [2.45, 2.75) is 6.54 Å². The van der Waals surface area contributed by atoms with E-state index in [9.17, 15) is 4.79 Å². The van der Waals surface area contributed by atoms with Gasteiger partial charge in [0.05, 0.1) is 24.4 Å². The van der Waals surface area contributed by atoms with Gasteiger partial charge in [0, 0.05) is 18.9 Å². The van der Waals surface area contributed by atoms with Gasteiger partial charge in [0.1, 0.15) is 10.8 Å². The van der Waals surface area contributed by atoms with Crippen molar-refractivity contribution in [3.63, 3.8) is 0 Å². The van der Waals surface area contributed by atoms with Crippen LogP contribution in [0.25, 0.3) is 0 Å². The number of hydrogen-bond acceptors (Lipinski definition) is 4. The fourth-order valence-electron chi connectivity index (χ4n) is 1.62. The lowest BCUT2D eigenvalue weighted by Gasteiger charge is -2.07. The van der Waals surface area contributed by atoms with Gasteiger partial charge in [-0.1, -0.05) is 23.2 Å². The van der Waals surface area contributed by atoms with Gasteiger partial charge < -0.3 is 4.74 Å². The molecule has 19 heavy (non-hydrogen) atoms.